The zero-order chi connectivity index (χ0) is 11.2. The zero-order valence-corrected chi connectivity index (χ0v) is 9.33. The quantitative estimate of drug-likeness (QED) is 0.671. The fraction of sp³-hybridized carbons (Fsp3) is 0.538. The summed E-state index contributed by atoms with van der Waals surface area (Å²) in [5, 5.41) is 0. The number of rotatable bonds is 0. The van der Waals surface area contributed by atoms with Crippen LogP contribution in [0.15, 0.2) is 18.2 Å². The fourth-order valence-corrected chi connectivity index (χ4v) is 2.58. The summed E-state index contributed by atoms with van der Waals surface area (Å²) in [6.07, 6.45) is 0.296. The van der Waals surface area contributed by atoms with Crippen LogP contribution in [-0.2, 0) is 11.2 Å². The van der Waals surface area contributed by atoms with Gasteiger partial charge < -0.3 is 9.47 Å². The molecule has 16 heavy (non-hydrogen) atoms. The fourth-order valence-electron chi connectivity index (χ4n) is 2.58. The van der Waals surface area contributed by atoms with Crippen LogP contribution in [-0.4, -0.2) is 25.0 Å². The normalized spacial score (nSPS) is 32.5. The van der Waals surface area contributed by atoms with Crippen molar-refractivity contribution in [2.45, 2.75) is 31.5 Å². The average Bonchev–Trinajstić information content (AvgIpc) is 2.61. The smallest absolute Gasteiger partial charge is 0.163 e. The molecule has 2 nitrogen and oxygen atoms in total. The molecule has 1 aromatic carbocycles. The van der Waals surface area contributed by atoms with E-state index in [-0.39, 0.29) is 6.61 Å². The van der Waals surface area contributed by atoms with Gasteiger partial charge in [-0.05, 0) is 18.6 Å². The SMILES string of the molecule is Cc1ccc2c(c1)CC1(CCOCC1F)O2. The first-order chi connectivity index (χ1) is 7.70. The third-order valence-corrected chi connectivity index (χ3v) is 3.52. The maximum Gasteiger partial charge on any atom is 0.163 e. The van der Waals surface area contributed by atoms with E-state index in [2.05, 4.69) is 6.07 Å². The number of hydrogen-bond acceptors (Lipinski definition) is 2. The van der Waals surface area contributed by atoms with Crippen LogP contribution >= 0.6 is 0 Å². The molecule has 1 spiro atoms. The third kappa shape index (κ3) is 1.42. The molecule has 0 aromatic heterocycles. The van der Waals surface area contributed by atoms with Gasteiger partial charge in [-0.1, -0.05) is 17.7 Å². The molecule has 3 rings (SSSR count). The summed E-state index contributed by atoms with van der Waals surface area (Å²) >= 11 is 0. The standard InChI is InChI=1S/C13H15FO2/c1-9-2-3-11-10(6-9)7-13(16-11)4-5-15-8-12(13)14/h2-3,6,12H,4-5,7-8H2,1H3. The Morgan fingerprint density at radius 3 is 3.12 bits per heavy atom. The highest BCUT2D eigenvalue weighted by molar-refractivity contribution is 5.42. The van der Waals surface area contributed by atoms with Crippen LogP contribution in [0.1, 0.15) is 17.5 Å². The van der Waals surface area contributed by atoms with E-state index < -0.39 is 11.8 Å². The molecule has 2 unspecified atom stereocenters. The van der Waals surface area contributed by atoms with Gasteiger partial charge in [0.25, 0.3) is 0 Å². The van der Waals surface area contributed by atoms with Crippen molar-refractivity contribution in [2.75, 3.05) is 13.2 Å². The number of benzene rings is 1. The molecule has 0 aliphatic carbocycles. The molecule has 3 heteroatoms. The van der Waals surface area contributed by atoms with E-state index in [1.165, 1.54) is 5.56 Å². The molecule has 0 amide bonds. The lowest BCUT2D eigenvalue weighted by molar-refractivity contribution is -0.0954. The molecule has 1 fully saturated rings. The zero-order valence-electron chi connectivity index (χ0n) is 9.33. The van der Waals surface area contributed by atoms with Gasteiger partial charge in [0.05, 0.1) is 13.2 Å². The number of halogens is 1. The van der Waals surface area contributed by atoms with Gasteiger partial charge in [-0.2, -0.15) is 0 Å². The second kappa shape index (κ2) is 3.45. The first kappa shape index (κ1) is 10.1. The minimum Gasteiger partial charge on any atom is -0.483 e. The Bertz CT molecular complexity index is 418. The first-order valence-electron chi connectivity index (χ1n) is 5.70. The van der Waals surface area contributed by atoms with Gasteiger partial charge in [0.15, 0.2) is 6.17 Å². The summed E-state index contributed by atoms with van der Waals surface area (Å²) in [5.41, 5.74) is 1.67. The van der Waals surface area contributed by atoms with E-state index in [0.717, 1.165) is 11.3 Å². The first-order valence-corrected chi connectivity index (χ1v) is 5.70. The maximum atomic E-state index is 14.0. The van der Waals surface area contributed by atoms with Gasteiger partial charge in [-0.15, -0.1) is 0 Å². The van der Waals surface area contributed by atoms with Gasteiger partial charge in [0.1, 0.15) is 11.4 Å². The lowest BCUT2D eigenvalue weighted by Crippen LogP contribution is -2.50. The van der Waals surface area contributed by atoms with Crippen molar-refractivity contribution < 1.29 is 13.9 Å². The molecule has 2 atom stereocenters. The average molecular weight is 222 g/mol. The summed E-state index contributed by atoms with van der Waals surface area (Å²) in [7, 11) is 0. The van der Waals surface area contributed by atoms with Gasteiger partial charge in [-0.25, -0.2) is 4.39 Å². The van der Waals surface area contributed by atoms with Crippen molar-refractivity contribution in [1.29, 1.82) is 0 Å². The van der Waals surface area contributed by atoms with Crippen LogP contribution in [0.25, 0.3) is 0 Å². The Morgan fingerprint density at radius 2 is 2.31 bits per heavy atom. The van der Waals surface area contributed by atoms with Crippen molar-refractivity contribution in [3.05, 3.63) is 29.3 Å². The minimum absolute atomic E-state index is 0.160. The van der Waals surface area contributed by atoms with Crippen molar-refractivity contribution in [1.82, 2.24) is 0 Å². The van der Waals surface area contributed by atoms with Crippen LogP contribution in [0, 0.1) is 6.92 Å². The lowest BCUT2D eigenvalue weighted by Gasteiger charge is -2.35. The van der Waals surface area contributed by atoms with Crippen LogP contribution in [0.3, 0.4) is 0 Å². The van der Waals surface area contributed by atoms with Crippen LogP contribution in [0.5, 0.6) is 5.75 Å². The van der Waals surface area contributed by atoms with Crippen LogP contribution in [0.2, 0.25) is 0 Å². The Labute approximate surface area is 94.4 Å². The largest absolute Gasteiger partial charge is 0.483 e. The predicted molar refractivity (Wildman–Crippen MR) is 58.6 cm³/mol. The molecule has 1 aromatic rings. The highest BCUT2D eigenvalue weighted by Gasteiger charge is 2.48. The molecule has 0 saturated carbocycles. The molecule has 2 heterocycles. The van der Waals surface area contributed by atoms with Gasteiger partial charge in [0.2, 0.25) is 0 Å². The van der Waals surface area contributed by atoms with E-state index in [1.807, 2.05) is 19.1 Å². The molecular formula is C13H15FO2. The van der Waals surface area contributed by atoms with Gasteiger partial charge in [0, 0.05) is 12.8 Å². The molecular weight excluding hydrogens is 207 g/mol. The Kier molecular flexibility index (Phi) is 2.18. The monoisotopic (exact) mass is 222 g/mol. The number of ether oxygens (including phenoxy) is 2. The minimum atomic E-state index is -1.02. The van der Waals surface area contributed by atoms with Crippen LogP contribution < -0.4 is 4.74 Å². The molecule has 0 N–H and O–H groups in total. The molecule has 86 valence electrons. The number of fused-ring (bicyclic) bond motifs is 1. The van der Waals surface area contributed by atoms with Gasteiger partial charge in [-0.3, -0.25) is 0 Å². The highest BCUT2D eigenvalue weighted by atomic mass is 19.1. The van der Waals surface area contributed by atoms with E-state index in [0.29, 0.717) is 19.4 Å². The Hall–Kier alpha value is -1.09. The molecule has 0 bridgehead atoms. The topological polar surface area (TPSA) is 18.5 Å². The maximum absolute atomic E-state index is 14.0. The van der Waals surface area contributed by atoms with E-state index in [1.54, 1.807) is 0 Å². The van der Waals surface area contributed by atoms with Crippen molar-refractivity contribution in [3.63, 3.8) is 0 Å². The van der Waals surface area contributed by atoms with Gasteiger partial charge >= 0.3 is 0 Å². The number of aryl methyl sites for hydroxylation is 1. The summed E-state index contributed by atoms with van der Waals surface area (Å²) in [4.78, 5) is 0. The summed E-state index contributed by atoms with van der Waals surface area (Å²) in [6.45, 7) is 2.79. The predicted octanol–water partition coefficient (Wildman–Crippen LogP) is 2.43. The van der Waals surface area contributed by atoms with E-state index in [4.69, 9.17) is 9.47 Å². The molecule has 2 aliphatic heterocycles. The Balaban J connectivity index is 1.93. The summed E-state index contributed by atoms with van der Waals surface area (Å²) in [6, 6.07) is 6.04. The van der Waals surface area contributed by atoms with Crippen molar-refractivity contribution >= 4 is 0 Å². The third-order valence-electron chi connectivity index (χ3n) is 3.52. The molecule has 1 saturated heterocycles. The highest BCUT2D eigenvalue weighted by Crippen LogP contribution is 2.42. The second-order valence-corrected chi connectivity index (χ2v) is 4.75. The summed E-state index contributed by atoms with van der Waals surface area (Å²) < 4.78 is 24.9. The van der Waals surface area contributed by atoms with E-state index in [9.17, 15) is 4.39 Å². The van der Waals surface area contributed by atoms with E-state index >= 15 is 0 Å². The van der Waals surface area contributed by atoms with Crippen molar-refractivity contribution in [2.24, 2.45) is 0 Å². The number of hydrogen-bond donors (Lipinski definition) is 0. The van der Waals surface area contributed by atoms with Crippen molar-refractivity contribution in [3.8, 4) is 5.75 Å². The second-order valence-electron chi connectivity index (χ2n) is 4.75. The van der Waals surface area contributed by atoms with Crippen LogP contribution in [0.4, 0.5) is 4.39 Å². The lowest BCUT2D eigenvalue weighted by atomic mass is 9.87. The summed E-state index contributed by atoms with van der Waals surface area (Å²) in [5.74, 6) is 0.843. The number of alkyl halides is 1. The Morgan fingerprint density at radius 1 is 1.44 bits per heavy atom. The molecule has 0 radical (unpaired) electrons. The molecule has 2 aliphatic rings.